The van der Waals surface area contributed by atoms with Gasteiger partial charge in [0, 0.05) is 17.5 Å². The molecule has 0 radical (unpaired) electrons. The van der Waals surface area contributed by atoms with Gasteiger partial charge in [-0.2, -0.15) is 0 Å². The fraction of sp³-hybridized carbons (Fsp3) is 0.636. The van der Waals surface area contributed by atoms with Gasteiger partial charge in [-0.1, -0.05) is 6.92 Å². The number of rotatable bonds is 5. The number of hydrogen-bond acceptors (Lipinski definition) is 4. The van der Waals surface area contributed by atoms with Crippen LogP contribution in [0, 0.1) is 6.92 Å². The lowest BCUT2D eigenvalue weighted by molar-refractivity contribution is -0.121. The molecule has 1 amide bonds. The minimum atomic E-state index is 0.0599. The first-order valence-electron chi connectivity index (χ1n) is 5.51. The summed E-state index contributed by atoms with van der Waals surface area (Å²) < 4.78 is 0. The molecule has 0 aliphatic carbocycles. The predicted octanol–water partition coefficient (Wildman–Crippen LogP) is 1.37. The summed E-state index contributed by atoms with van der Waals surface area (Å²) >= 11 is 1.53. The number of thiazole rings is 1. The third kappa shape index (κ3) is 3.57. The third-order valence-electron chi connectivity index (χ3n) is 2.45. The van der Waals surface area contributed by atoms with Crippen molar-refractivity contribution in [1.82, 2.24) is 10.3 Å². The Bertz CT molecular complexity index is 362. The minimum absolute atomic E-state index is 0.0599. The number of aryl methyl sites for hydroxylation is 1. The van der Waals surface area contributed by atoms with Crippen molar-refractivity contribution in [3.8, 4) is 0 Å². The zero-order valence-electron chi connectivity index (χ0n) is 10.0. The summed E-state index contributed by atoms with van der Waals surface area (Å²) in [6, 6.07) is 0.231. The molecule has 5 heteroatoms. The van der Waals surface area contributed by atoms with Gasteiger partial charge in [0.25, 0.3) is 0 Å². The Kier molecular flexibility index (Phi) is 4.89. The Morgan fingerprint density at radius 1 is 1.62 bits per heavy atom. The largest absolute Gasteiger partial charge is 0.353 e. The molecular formula is C11H19N3OS. The summed E-state index contributed by atoms with van der Waals surface area (Å²) in [5.41, 5.74) is 6.43. The third-order valence-corrected chi connectivity index (χ3v) is 3.63. The van der Waals surface area contributed by atoms with Crippen molar-refractivity contribution in [2.45, 2.75) is 46.2 Å². The molecule has 0 bridgehead atoms. The van der Waals surface area contributed by atoms with Gasteiger partial charge in [-0.05, 0) is 20.3 Å². The molecule has 16 heavy (non-hydrogen) atoms. The van der Waals surface area contributed by atoms with Crippen LogP contribution in [-0.4, -0.2) is 16.9 Å². The van der Waals surface area contributed by atoms with E-state index in [1.54, 1.807) is 0 Å². The molecule has 1 aromatic rings. The van der Waals surface area contributed by atoms with Crippen LogP contribution < -0.4 is 11.1 Å². The lowest BCUT2D eigenvalue weighted by Crippen LogP contribution is -2.33. The molecule has 0 aliphatic rings. The van der Waals surface area contributed by atoms with Crippen LogP contribution in [0.1, 0.15) is 35.8 Å². The van der Waals surface area contributed by atoms with Crippen LogP contribution >= 0.6 is 11.3 Å². The number of hydrogen-bond donors (Lipinski definition) is 2. The van der Waals surface area contributed by atoms with Crippen LogP contribution in [0.5, 0.6) is 0 Å². The topological polar surface area (TPSA) is 68.0 Å². The predicted molar refractivity (Wildman–Crippen MR) is 66.3 cm³/mol. The fourth-order valence-electron chi connectivity index (χ4n) is 1.31. The highest BCUT2D eigenvalue weighted by Gasteiger charge is 2.12. The summed E-state index contributed by atoms with van der Waals surface area (Å²) in [4.78, 5) is 17.0. The molecule has 3 N–H and O–H groups in total. The molecule has 1 unspecified atom stereocenters. The Balaban J connectivity index is 2.58. The molecule has 0 fully saturated rings. The first-order chi connectivity index (χ1) is 7.56. The van der Waals surface area contributed by atoms with Crippen LogP contribution in [0.15, 0.2) is 0 Å². The summed E-state index contributed by atoms with van der Waals surface area (Å²) in [5.74, 6) is 0.0599. The lowest BCUT2D eigenvalue weighted by atomic mass is 10.2. The number of carbonyl (C=O) groups is 1. The zero-order valence-corrected chi connectivity index (χ0v) is 10.9. The smallest absolute Gasteiger partial charge is 0.225 e. The average Bonchev–Trinajstić information content (AvgIpc) is 2.59. The molecule has 1 aromatic heterocycles. The van der Waals surface area contributed by atoms with E-state index in [4.69, 9.17) is 5.73 Å². The second kappa shape index (κ2) is 5.96. The second-order valence-corrected chi connectivity index (χ2v) is 5.04. The molecule has 0 saturated carbocycles. The van der Waals surface area contributed by atoms with Gasteiger partial charge in [0.05, 0.1) is 12.1 Å². The number of amides is 1. The van der Waals surface area contributed by atoms with E-state index in [0.29, 0.717) is 13.0 Å². The van der Waals surface area contributed by atoms with E-state index in [1.165, 1.54) is 11.3 Å². The van der Waals surface area contributed by atoms with Gasteiger partial charge >= 0.3 is 0 Å². The van der Waals surface area contributed by atoms with E-state index in [0.717, 1.165) is 22.0 Å². The summed E-state index contributed by atoms with van der Waals surface area (Å²) in [5, 5.41) is 3.83. The van der Waals surface area contributed by atoms with E-state index in [1.807, 2.05) is 13.8 Å². The lowest BCUT2D eigenvalue weighted by Gasteiger charge is -2.10. The van der Waals surface area contributed by atoms with Crippen molar-refractivity contribution in [2.24, 2.45) is 5.73 Å². The van der Waals surface area contributed by atoms with Gasteiger partial charge in [-0.25, -0.2) is 4.98 Å². The monoisotopic (exact) mass is 241 g/mol. The van der Waals surface area contributed by atoms with Crippen molar-refractivity contribution in [3.05, 3.63) is 15.6 Å². The van der Waals surface area contributed by atoms with E-state index in [-0.39, 0.29) is 11.9 Å². The Hall–Kier alpha value is -0.940. The molecule has 0 aliphatic heterocycles. The molecule has 0 saturated heterocycles. The maximum atomic E-state index is 11.7. The fourth-order valence-corrected chi connectivity index (χ4v) is 2.26. The summed E-state index contributed by atoms with van der Waals surface area (Å²) in [6.45, 7) is 6.41. The van der Waals surface area contributed by atoms with Gasteiger partial charge < -0.3 is 11.1 Å². The maximum Gasteiger partial charge on any atom is 0.225 e. The van der Waals surface area contributed by atoms with Crippen molar-refractivity contribution in [1.29, 1.82) is 0 Å². The minimum Gasteiger partial charge on any atom is -0.353 e. The first-order valence-corrected chi connectivity index (χ1v) is 6.33. The van der Waals surface area contributed by atoms with Crippen molar-refractivity contribution in [2.75, 3.05) is 0 Å². The molecule has 90 valence electrons. The summed E-state index contributed by atoms with van der Waals surface area (Å²) in [6.07, 6.45) is 1.36. The molecule has 1 heterocycles. The number of aromatic nitrogens is 1. The summed E-state index contributed by atoms with van der Waals surface area (Å²) in [7, 11) is 0. The highest BCUT2D eigenvalue weighted by molar-refractivity contribution is 7.11. The molecular weight excluding hydrogens is 222 g/mol. The standard InChI is InChI=1S/C11H19N3OS/c1-4-7(2)13-10(15)5-9-8(3)14-11(6-12)16-9/h7H,4-6,12H2,1-3H3,(H,13,15). The molecule has 1 atom stereocenters. The van der Waals surface area contributed by atoms with Crippen LogP contribution in [-0.2, 0) is 17.8 Å². The van der Waals surface area contributed by atoms with Crippen LogP contribution in [0.4, 0.5) is 0 Å². The second-order valence-electron chi connectivity index (χ2n) is 3.87. The highest BCUT2D eigenvalue weighted by Crippen LogP contribution is 2.18. The highest BCUT2D eigenvalue weighted by atomic mass is 32.1. The Morgan fingerprint density at radius 3 is 2.81 bits per heavy atom. The first kappa shape index (κ1) is 13.1. The quantitative estimate of drug-likeness (QED) is 0.818. The van der Waals surface area contributed by atoms with Gasteiger partial charge in [-0.3, -0.25) is 4.79 Å². The van der Waals surface area contributed by atoms with Crippen molar-refractivity contribution < 1.29 is 4.79 Å². The number of nitrogens with two attached hydrogens (primary N) is 1. The van der Waals surface area contributed by atoms with Gasteiger partial charge in [0.2, 0.25) is 5.91 Å². The zero-order chi connectivity index (χ0) is 12.1. The van der Waals surface area contributed by atoms with E-state index >= 15 is 0 Å². The molecule has 4 nitrogen and oxygen atoms in total. The Morgan fingerprint density at radius 2 is 2.31 bits per heavy atom. The van der Waals surface area contributed by atoms with Crippen LogP contribution in [0.3, 0.4) is 0 Å². The maximum absolute atomic E-state index is 11.7. The van der Waals surface area contributed by atoms with Crippen LogP contribution in [0.25, 0.3) is 0 Å². The van der Waals surface area contributed by atoms with Crippen LogP contribution in [0.2, 0.25) is 0 Å². The van der Waals surface area contributed by atoms with Gasteiger partial charge in [0.1, 0.15) is 5.01 Å². The van der Waals surface area contributed by atoms with Crippen molar-refractivity contribution >= 4 is 17.2 Å². The van der Waals surface area contributed by atoms with E-state index in [2.05, 4.69) is 17.2 Å². The SMILES string of the molecule is CCC(C)NC(=O)Cc1sc(CN)nc1C. The Labute approximate surface area is 100 Å². The average molecular weight is 241 g/mol. The van der Waals surface area contributed by atoms with Gasteiger partial charge in [0.15, 0.2) is 0 Å². The van der Waals surface area contributed by atoms with E-state index < -0.39 is 0 Å². The van der Waals surface area contributed by atoms with Gasteiger partial charge in [-0.15, -0.1) is 11.3 Å². The molecule has 1 rings (SSSR count). The van der Waals surface area contributed by atoms with Crippen molar-refractivity contribution in [3.63, 3.8) is 0 Å². The molecule has 0 spiro atoms. The molecule has 0 aromatic carbocycles. The number of nitrogens with one attached hydrogen (secondary N) is 1. The normalized spacial score (nSPS) is 12.5. The van der Waals surface area contributed by atoms with E-state index in [9.17, 15) is 4.79 Å². The number of carbonyl (C=O) groups excluding carboxylic acids is 1. The number of nitrogens with zero attached hydrogens (tertiary/aromatic N) is 1.